The summed E-state index contributed by atoms with van der Waals surface area (Å²) in [5.41, 5.74) is 0. The van der Waals surface area contributed by atoms with Crippen LogP contribution >= 0.6 is 15.9 Å². The number of hydrogen-bond acceptors (Lipinski definition) is 2. The lowest BCUT2D eigenvalue weighted by atomic mass is 9.87. The zero-order valence-electron chi connectivity index (χ0n) is 11.1. The molecule has 0 atom stereocenters. The fourth-order valence-electron chi connectivity index (χ4n) is 1.20. The van der Waals surface area contributed by atoms with Gasteiger partial charge in [0.05, 0.1) is 0 Å². The van der Waals surface area contributed by atoms with Crippen molar-refractivity contribution in [3.8, 4) is 0 Å². The van der Waals surface area contributed by atoms with Crippen LogP contribution in [0.2, 0.25) is 0 Å². The largest absolute Gasteiger partial charge is 0.501 e. The highest BCUT2D eigenvalue weighted by Crippen LogP contribution is 2.17. The summed E-state index contributed by atoms with van der Waals surface area (Å²) in [6, 6.07) is 0. The lowest BCUT2D eigenvalue weighted by Crippen LogP contribution is -2.30. The molecule has 94 valence electrons. The first-order valence-corrected chi connectivity index (χ1v) is 6.93. The number of allylic oxidation sites excluding steroid dienone is 1. The van der Waals surface area contributed by atoms with Gasteiger partial charge in [0.2, 0.25) is 0 Å². The average molecular weight is 291 g/mol. The first-order valence-electron chi connectivity index (χ1n) is 6.13. The molecule has 0 aliphatic heterocycles. The van der Waals surface area contributed by atoms with E-state index in [1.807, 2.05) is 27.7 Å². The van der Waals surface area contributed by atoms with Crippen molar-refractivity contribution in [3.05, 3.63) is 10.5 Å². The fourth-order valence-corrected chi connectivity index (χ4v) is 1.64. The highest BCUT2D eigenvalue weighted by molar-refractivity contribution is 9.12. The van der Waals surface area contributed by atoms with E-state index in [1.165, 1.54) is 12.8 Å². The third kappa shape index (κ3) is 8.37. The van der Waals surface area contributed by atoms with Gasteiger partial charge in [-0.05, 0) is 34.1 Å². The fraction of sp³-hybridized carbons (Fsp3) is 0.833. The molecule has 0 aliphatic rings. The molecular weight excluding hydrogens is 267 g/mol. The molecular formula is C12H24BBrO2. The van der Waals surface area contributed by atoms with Gasteiger partial charge in [0.1, 0.15) is 0 Å². The molecule has 0 N–H and O–H groups in total. The molecule has 0 saturated heterocycles. The second-order valence-corrected chi connectivity index (χ2v) is 5.35. The molecule has 0 rings (SSSR count). The summed E-state index contributed by atoms with van der Waals surface area (Å²) in [4.78, 5) is 0. The van der Waals surface area contributed by atoms with Gasteiger partial charge in [0, 0.05) is 16.6 Å². The van der Waals surface area contributed by atoms with E-state index in [2.05, 4.69) is 28.9 Å². The minimum Gasteiger partial charge on any atom is -0.405 e. The predicted octanol–water partition coefficient (Wildman–Crippen LogP) is 4.33. The molecule has 0 saturated carbocycles. The van der Waals surface area contributed by atoms with E-state index in [0.29, 0.717) is 0 Å². The minimum atomic E-state index is -0.267. The average Bonchev–Trinajstić information content (AvgIpc) is 2.15. The molecule has 4 heteroatoms. The van der Waals surface area contributed by atoms with Gasteiger partial charge in [-0.2, -0.15) is 0 Å². The maximum absolute atomic E-state index is 5.72. The Kier molecular flexibility index (Phi) is 9.38. The summed E-state index contributed by atoms with van der Waals surface area (Å²) in [5.74, 6) is 0. The SMILES string of the molecule is CCCC/C=C(\Br)B(OC(C)C)OC(C)C. The molecule has 2 nitrogen and oxygen atoms in total. The van der Waals surface area contributed by atoms with E-state index in [4.69, 9.17) is 9.31 Å². The zero-order chi connectivity index (χ0) is 12.6. The van der Waals surface area contributed by atoms with Gasteiger partial charge in [-0.1, -0.05) is 41.8 Å². The molecule has 0 aliphatic carbocycles. The first kappa shape index (κ1) is 16.2. The molecule has 0 heterocycles. The van der Waals surface area contributed by atoms with Crippen LogP contribution in [0.4, 0.5) is 0 Å². The molecule has 16 heavy (non-hydrogen) atoms. The van der Waals surface area contributed by atoms with Crippen LogP contribution in [0.15, 0.2) is 10.5 Å². The van der Waals surface area contributed by atoms with Crippen molar-refractivity contribution in [2.24, 2.45) is 0 Å². The Bertz CT molecular complexity index is 195. The molecule has 0 amide bonds. The minimum absolute atomic E-state index is 0.163. The smallest absolute Gasteiger partial charge is 0.405 e. The van der Waals surface area contributed by atoms with E-state index in [9.17, 15) is 0 Å². The Hall–Kier alpha value is 0.205. The van der Waals surface area contributed by atoms with Gasteiger partial charge < -0.3 is 9.31 Å². The van der Waals surface area contributed by atoms with Crippen molar-refractivity contribution in [2.45, 2.75) is 66.1 Å². The monoisotopic (exact) mass is 290 g/mol. The highest BCUT2D eigenvalue weighted by Gasteiger charge is 2.24. The summed E-state index contributed by atoms with van der Waals surface area (Å²) < 4.78 is 12.4. The second kappa shape index (κ2) is 9.26. The van der Waals surface area contributed by atoms with Crippen molar-refractivity contribution in [2.75, 3.05) is 0 Å². The van der Waals surface area contributed by atoms with Gasteiger partial charge in [0.15, 0.2) is 0 Å². The van der Waals surface area contributed by atoms with Crippen LogP contribution in [0.1, 0.15) is 53.9 Å². The molecule has 0 fully saturated rings. The molecule has 0 radical (unpaired) electrons. The number of unbranched alkanes of at least 4 members (excludes halogenated alkanes) is 2. The standard InChI is InChI=1S/C12H24BBrO2/c1-6-7-8-9-12(14)13(15-10(2)3)16-11(4)5/h9-11H,6-8H2,1-5H3/b12-9-. The normalized spacial score (nSPS) is 12.6. The molecule has 0 bridgehead atoms. The van der Waals surface area contributed by atoms with Crippen LogP contribution in [0.5, 0.6) is 0 Å². The van der Waals surface area contributed by atoms with E-state index in [-0.39, 0.29) is 19.3 Å². The van der Waals surface area contributed by atoms with E-state index < -0.39 is 0 Å². The van der Waals surface area contributed by atoms with Crippen LogP contribution in [0.25, 0.3) is 0 Å². The van der Waals surface area contributed by atoms with Gasteiger partial charge in [0.25, 0.3) is 0 Å². The molecule has 0 aromatic rings. The van der Waals surface area contributed by atoms with Gasteiger partial charge in [-0.25, -0.2) is 0 Å². The van der Waals surface area contributed by atoms with Crippen LogP contribution in [-0.4, -0.2) is 19.3 Å². The maximum atomic E-state index is 5.72. The van der Waals surface area contributed by atoms with Crippen LogP contribution < -0.4 is 0 Å². The van der Waals surface area contributed by atoms with Crippen molar-refractivity contribution < 1.29 is 9.31 Å². The third-order valence-electron chi connectivity index (χ3n) is 1.91. The van der Waals surface area contributed by atoms with Crippen molar-refractivity contribution in [1.29, 1.82) is 0 Å². The Morgan fingerprint density at radius 3 is 2.06 bits per heavy atom. The quantitative estimate of drug-likeness (QED) is 0.489. The summed E-state index contributed by atoms with van der Waals surface area (Å²) in [5, 5.41) is 0. The summed E-state index contributed by atoms with van der Waals surface area (Å²) >= 11 is 3.54. The van der Waals surface area contributed by atoms with E-state index in [0.717, 1.165) is 10.8 Å². The summed E-state index contributed by atoms with van der Waals surface area (Å²) in [6.07, 6.45) is 5.95. The summed E-state index contributed by atoms with van der Waals surface area (Å²) in [7, 11) is -0.267. The van der Waals surface area contributed by atoms with Crippen LogP contribution in [-0.2, 0) is 9.31 Å². The highest BCUT2D eigenvalue weighted by atomic mass is 79.9. The van der Waals surface area contributed by atoms with E-state index in [1.54, 1.807) is 0 Å². The predicted molar refractivity (Wildman–Crippen MR) is 74.7 cm³/mol. The van der Waals surface area contributed by atoms with Crippen LogP contribution in [0, 0.1) is 0 Å². The second-order valence-electron chi connectivity index (χ2n) is 4.43. The maximum Gasteiger partial charge on any atom is 0.501 e. The Morgan fingerprint density at radius 1 is 1.19 bits per heavy atom. The lowest BCUT2D eigenvalue weighted by Gasteiger charge is -2.19. The topological polar surface area (TPSA) is 18.5 Å². The lowest BCUT2D eigenvalue weighted by molar-refractivity contribution is 0.137. The Balaban J connectivity index is 4.30. The third-order valence-corrected chi connectivity index (χ3v) is 2.61. The number of halogens is 1. The van der Waals surface area contributed by atoms with Gasteiger partial charge >= 0.3 is 7.12 Å². The number of hydrogen-bond donors (Lipinski definition) is 0. The van der Waals surface area contributed by atoms with Gasteiger partial charge in [-0.15, -0.1) is 0 Å². The summed E-state index contributed by atoms with van der Waals surface area (Å²) in [6.45, 7) is 10.3. The Morgan fingerprint density at radius 2 is 1.69 bits per heavy atom. The Labute approximate surface area is 109 Å². The first-order chi connectivity index (χ1) is 7.47. The molecule has 0 aromatic heterocycles. The van der Waals surface area contributed by atoms with Crippen molar-refractivity contribution in [1.82, 2.24) is 0 Å². The molecule has 0 spiro atoms. The zero-order valence-corrected chi connectivity index (χ0v) is 12.7. The van der Waals surface area contributed by atoms with Crippen molar-refractivity contribution >= 4 is 23.0 Å². The van der Waals surface area contributed by atoms with Gasteiger partial charge in [-0.3, -0.25) is 0 Å². The van der Waals surface area contributed by atoms with E-state index >= 15 is 0 Å². The number of rotatable bonds is 8. The van der Waals surface area contributed by atoms with Crippen LogP contribution in [0.3, 0.4) is 0 Å². The molecule has 0 unspecified atom stereocenters. The van der Waals surface area contributed by atoms with Crippen molar-refractivity contribution in [3.63, 3.8) is 0 Å². The molecule has 0 aromatic carbocycles.